The molecule has 0 unspecified atom stereocenters. The van der Waals surface area contributed by atoms with Crippen molar-refractivity contribution < 1.29 is 9.53 Å². The number of carbonyl (C=O) groups excluding carboxylic acids is 1. The number of para-hydroxylation sites is 1. The standard InChI is InChI=1S/C26H23BrCl2N4O2/c1-15(2)24-23(33(32-31-24)25-21(28)5-4-6-22(25)29)14-35-18-11-12-19(20(27)13-18)16-7-9-17(10-8-16)26(34)30-3/h4-13,15H,14H2,1-3H3,(H,30,34). The third-order valence-electron chi connectivity index (χ3n) is 5.49. The number of nitrogens with zero attached hydrogens (tertiary/aromatic N) is 3. The molecule has 0 aliphatic carbocycles. The van der Waals surface area contributed by atoms with Crippen molar-refractivity contribution in [1.82, 2.24) is 20.3 Å². The smallest absolute Gasteiger partial charge is 0.251 e. The van der Waals surface area contributed by atoms with Crippen molar-refractivity contribution in [2.45, 2.75) is 26.4 Å². The Kier molecular flexibility index (Phi) is 7.79. The highest BCUT2D eigenvalue weighted by Crippen LogP contribution is 2.34. The number of amides is 1. The van der Waals surface area contributed by atoms with Crippen LogP contribution in [0.2, 0.25) is 10.0 Å². The normalized spacial score (nSPS) is 11.1. The third-order valence-corrected chi connectivity index (χ3v) is 6.76. The molecule has 1 heterocycles. The molecule has 4 rings (SSSR count). The molecule has 0 aliphatic heterocycles. The van der Waals surface area contributed by atoms with Gasteiger partial charge in [0.25, 0.3) is 5.91 Å². The van der Waals surface area contributed by atoms with Gasteiger partial charge in [0.2, 0.25) is 0 Å². The fourth-order valence-electron chi connectivity index (χ4n) is 3.68. The lowest BCUT2D eigenvalue weighted by Gasteiger charge is -2.14. The van der Waals surface area contributed by atoms with Crippen LogP contribution in [0.15, 0.2) is 65.1 Å². The maximum atomic E-state index is 11.8. The van der Waals surface area contributed by atoms with Crippen LogP contribution in [0, 0.1) is 0 Å². The van der Waals surface area contributed by atoms with Gasteiger partial charge in [0.1, 0.15) is 23.7 Å². The Morgan fingerprint density at radius 1 is 1.09 bits per heavy atom. The molecule has 1 N–H and O–H groups in total. The van der Waals surface area contributed by atoms with Crippen molar-refractivity contribution in [3.63, 3.8) is 0 Å². The number of ether oxygens (including phenoxy) is 1. The van der Waals surface area contributed by atoms with E-state index in [0.29, 0.717) is 27.0 Å². The second-order valence-corrected chi connectivity index (χ2v) is 9.81. The summed E-state index contributed by atoms with van der Waals surface area (Å²) < 4.78 is 8.67. The minimum Gasteiger partial charge on any atom is -0.487 e. The molecule has 3 aromatic carbocycles. The molecule has 4 aromatic rings. The number of halogens is 3. The molecule has 0 atom stereocenters. The van der Waals surface area contributed by atoms with Crippen molar-refractivity contribution in [1.29, 1.82) is 0 Å². The molecular formula is C26H23BrCl2N4O2. The fraction of sp³-hybridized carbons (Fsp3) is 0.192. The van der Waals surface area contributed by atoms with Gasteiger partial charge < -0.3 is 10.1 Å². The SMILES string of the molecule is CNC(=O)c1ccc(-c2ccc(OCc3c(C(C)C)nnn3-c3c(Cl)cccc3Cl)cc2Br)cc1. The Labute approximate surface area is 222 Å². The van der Waals surface area contributed by atoms with Crippen molar-refractivity contribution >= 4 is 45.0 Å². The molecule has 0 bridgehead atoms. The van der Waals surface area contributed by atoms with E-state index < -0.39 is 0 Å². The minimum atomic E-state index is -0.119. The average Bonchev–Trinajstić information content (AvgIpc) is 3.26. The minimum absolute atomic E-state index is 0.119. The van der Waals surface area contributed by atoms with E-state index in [1.165, 1.54) is 0 Å². The maximum absolute atomic E-state index is 11.8. The quantitative estimate of drug-likeness (QED) is 0.257. The zero-order chi connectivity index (χ0) is 25.1. The summed E-state index contributed by atoms with van der Waals surface area (Å²) >= 11 is 16.5. The van der Waals surface area contributed by atoms with Crippen LogP contribution < -0.4 is 10.1 Å². The Hall–Kier alpha value is -2.87. The van der Waals surface area contributed by atoms with Crippen LogP contribution in [-0.4, -0.2) is 27.9 Å². The van der Waals surface area contributed by atoms with Gasteiger partial charge in [-0.2, -0.15) is 0 Å². The maximum Gasteiger partial charge on any atom is 0.251 e. The summed E-state index contributed by atoms with van der Waals surface area (Å²) in [6.45, 7) is 4.33. The first-order chi connectivity index (χ1) is 16.8. The number of benzene rings is 3. The number of carbonyl (C=O) groups is 1. The summed E-state index contributed by atoms with van der Waals surface area (Å²) in [6.07, 6.45) is 0. The fourth-order valence-corrected chi connectivity index (χ4v) is 4.83. The topological polar surface area (TPSA) is 69.0 Å². The van der Waals surface area contributed by atoms with E-state index in [9.17, 15) is 4.79 Å². The van der Waals surface area contributed by atoms with Crippen LogP contribution in [-0.2, 0) is 6.61 Å². The molecule has 9 heteroatoms. The summed E-state index contributed by atoms with van der Waals surface area (Å²) in [6, 6.07) is 18.5. The highest BCUT2D eigenvalue weighted by Gasteiger charge is 2.21. The average molecular weight is 574 g/mol. The van der Waals surface area contributed by atoms with Gasteiger partial charge in [0.05, 0.1) is 15.7 Å². The number of aromatic nitrogens is 3. The highest BCUT2D eigenvalue weighted by molar-refractivity contribution is 9.10. The second-order valence-electron chi connectivity index (χ2n) is 8.14. The lowest BCUT2D eigenvalue weighted by atomic mass is 10.0. The number of rotatable bonds is 7. The van der Waals surface area contributed by atoms with E-state index in [0.717, 1.165) is 27.0 Å². The lowest BCUT2D eigenvalue weighted by molar-refractivity contribution is 0.0963. The molecule has 0 saturated heterocycles. The largest absolute Gasteiger partial charge is 0.487 e. The zero-order valence-electron chi connectivity index (χ0n) is 19.3. The van der Waals surface area contributed by atoms with Crippen molar-refractivity contribution in [2.75, 3.05) is 7.05 Å². The molecule has 0 radical (unpaired) electrons. The molecule has 1 amide bonds. The van der Waals surface area contributed by atoms with Crippen molar-refractivity contribution in [3.8, 4) is 22.6 Å². The van der Waals surface area contributed by atoms with Gasteiger partial charge >= 0.3 is 0 Å². The first kappa shape index (κ1) is 25.2. The molecule has 0 spiro atoms. The lowest BCUT2D eigenvalue weighted by Crippen LogP contribution is -2.17. The van der Waals surface area contributed by atoms with Crippen LogP contribution >= 0.6 is 39.1 Å². The van der Waals surface area contributed by atoms with E-state index in [4.69, 9.17) is 27.9 Å². The summed E-state index contributed by atoms with van der Waals surface area (Å²) in [5.74, 6) is 0.692. The Bertz CT molecular complexity index is 1350. The van der Waals surface area contributed by atoms with E-state index in [2.05, 4.69) is 31.6 Å². The first-order valence-corrected chi connectivity index (χ1v) is 12.5. The number of nitrogens with one attached hydrogen (secondary N) is 1. The van der Waals surface area contributed by atoms with Gasteiger partial charge in [-0.15, -0.1) is 5.10 Å². The van der Waals surface area contributed by atoms with Crippen LogP contribution in [0.5, 0.6) is 5.75 Å². The van der Waals surface area contributed by atoms with Gasteiger partial charge in [-0.05, 0) is 59.5 Å². The predicted molar refractivity (Wildman–Crippen MR) is 143 cm³/mol. The molecular weight excluding hydrogens is 551 g/mol. The van der Waals surface area contributed by atoms with Gasteiger partial charge in [-0.1, -0.05) is 76.4 Å². The molecule has 6 nitrogen and oxygen atoms in total. The summed E-state index contributed by atoms with van der Waals surface area (Å²) in [5, 5.41) is 12.3. The van der Waals surface area contributed by atoms with E-state index in [1.54, 1.807) is 42.1 Å². The molecule has 0 aliphatic rings. The van der Waals surface area contributed by atoms with E-state index >= 15 is 0 Å². The van der Waals surface area contributed by atoms with Crippen LogP contribution in [0.3, 0.4) is 0 Å². The van der Waals surface area contributed by atoms with E-state index in [1.807, 2.05) is 44.2 Å². The van der Waals surface area contributed by atoms with Gasteiger partial charge in [0.15, 0.2) is 0 Å². The second kappa shape index (κ2) is 10.8. The predicted octanol–water partition coefficient (Wildman–Crippen LogP) is 7.07. The Morgan fingerprint density at radius 3 is 2.37 bits per heavy atom. The monoisotopic (exact) mass is 572 g/mol. The number of hydrogen-bond donors (Lipinski definition) is 1. The van der Waals surface area contributed by atoms with Crippen molar-refractivity contribution in [2.24, 2.45) is 0 Å². The summed E-state index contributed by atoms with van der Waals surface area (Å²) in [4.78, 5) is 11.8. The Morgan fingerprint density at radius 2 is 1.77 bits per heavy atom. The Balaban J connectivity index is 1.59. The third kappa shape index (κ3) is 5.37. The van der Waals surface area contributed by atoms with Gasteiger partial charge in [0, 0.05) is 17.1 Å². The number of hydrogen-bond acceptors (Lipinski definition) is 4. The van der Waals surface area contributed by atoms with Crippen LogP contribution in [0.1, 0.15) is 41.5 Å². The summed E-state index contributed by atoms with van der Waals surface area (Å²) in [7, 11) is 1.61. The summed E-state index contributed by atoms with van der Waals surface area (Å²) in [5.41, 5.74) is 4.74. The van der Waals surface area contributed by atoms with E-state index in [-0.39, 0.29) is 18.4 Å². The molecule has 1 aromatic heterocycles. The molecule has 180 valence electrons. The zero-order valence-corrected chi connectivity index (χ0v) is 22.4. The van der Waals surface area contributed by atoms with Crippen LogP contribution in [0.4, 0.5) is 0 Å². The highest BCUT2D eigenvalue weighted by atomic mass is 79.9. The molecule has 35 heavy (non-hydrogen) atoms. The first-order valence-electron chi connectivity index (χ1n) is 10.9. The van der Waals surface area contributed by atoms with Gasteiger partial charge in [-0.3, -0.25) is 4.79 Å². The molecule has 0 fully saturated rings. The van der Waals surface area contributed by atoms with Crippen LogP contribution in [0.25, 0.3) is 16.8 Å². The van der Waals surface area contributed by atoms with Gasteiger partial charge in [-0.25, -0.2) is 4.68 Å². The molecule has 0 saturated carbocycles. The van der Waals surface area contributed by atoms with Crippen molar-refractivity contribution in [3.05, 3.63) is 92.1 Å².